The number of hydrogen-bond acceptors (Lipinski definition) is 6. The first kappa shape index (κ1) is 18.2. The number of carbonyl (C=O) groups is 3. The monoisotopic (exact) mass is 363 g/mol. The smallest absolute Gasteiger partial charge is 0.348 e. The van der Waals surface area contributed by atoms with Crippen LogP contribution in [-0.2, 0) is 9.53 Å². The van der Waals surface area contributed by atoms with Gasteiger partial charge in [0, 0.05) is 17.2 Å². The molecule has 0 radical (unpaired) electrons. The van der Waals surface area contributed by atoms with Crippen LogP contribution >= 0.6 is 23.1 Å². The Labute approximate surface area is 148 Å². The maximum atomic E-state index is 11.8. The first-order valence-electron chi connectivity index (χ1n) is 7.28. The van der Waals surface area contributed by atoms with Crippen molar-refractivity contribution in [3.63, 3.8) is 0 Å². The van der Waals surface area contributed by atoms with Crippen LogP contribution in [-0.4, -0.2) is 36.6 Å². The van der Waals surface area contributed by atoms with Crippen LogP contribution in [0.4, 0.5) is 0 Å². The lowest BCUT2D eigenvalue weighted by molar-refractivity contribution is -0.124. The van der Waals surface area contributed by atoms with Crippen molar-refractivity contribution < 1.29 is 19.1 Å². The highest BCUT2D eigenvalue weighted by molar-refractivity contribution is 7.99. The molecule has 2 aromatic rings. The topological polar surface area (TPSA) is 72.5 Å². The first-order chi connectivity index (χ1) is 11.6. The van der Waals surface area contributed by atoms with E-state index in [2.05, 4.69) is 5.32 Å². The largest absolute Gasteiger partial charge is 0.451 e. The van der Waals surface area contributed by atoms with Gasteiger partial charge in [0.1, 0.15) is 4.88 Å². The quantitative estimate of drug-likeness (QED) is 0.338. The van der Waals surface area contributed by atoms with Gasteiger partial charge in [-0.2, -0.15) is 0 Å². The molecule has 24 heavy (non-hydrogen) atoms. The summed E-state index contributed by atoms with van der Waals surface area (Å²) in [6.45, 7) is 1.59. The number of nitrogens with one attached hydrogen (secondary N) is 1. The van der Waals surface area contributed by atoms with Crippen molar-refractivity contribution in [2.24, 2.45) is 0 Å². The van der Waals surface area contributed by atoms with E-state index in [1.807, 2.05) is 30.3 Å². The van der Waals surface area contributed by atoms with E-state index in [0.717, 1.165) is 22.0 Å². The number of benzene rings is 1. The van der Waals surface area contributed by atoms with Crippen LogP contribution in [0.2, 0.25) is 0 Å². The molecule has 0 aliphatic heterocycles. The van der Waals surface area contributed by atoms with Gasteiger partial charge >= 0.3 is 5.97 Å². The second-order valence-electron chi connectivity index (χ2n) is 4.81. The number of ketones is 1. The van der Waals surface area contributed by atoms with Crippen molar-refractivity contribution in [1.29, 1.82) is 0 Å². The Bertz CT molecular complexity index is 712. The molecule has 1 N–H and O–H groups in total. The zero-order chi connectivity index (χ0) is 17.4. The fourth-order valence-corrected chi connectivity index (χ4v) is 3.35. The van der Waals surface area contributed by atoms with E-state index in [1.54, 1.807) is 17.8 Å². The van der Waals surface area contributed by atoms with Gasteiger partial charge in [-0.05, 0) is 31.2 Å². The Morgan fingerprint density at radius 2 is 1.79 bits per heavy atom. The summed E-state index contributed by atoms with van der Waals surface area (Å²) < 4.78 is 4.94. The van der Waals surface area contributed by atoms with Crippen LogP contribution in [0.25, 0.3) is 0 Å². The van der Waals surface area contributed by atoms with Crippen molar-refractivity contribution >= 4 is 40.8 Å². The predicted octanol–water partition coefficient (Wildman–Crippen LogP) is 3.02. The molecule has 0 saturated heterocycles. The van der Waals surface area contributed by atoms with E-state index in [4.69, 9.17) is 4.74 Å². The molecule has 0 bridgehead atoms. The molecular weight excluding hydrogens is 346 g/mol. The minimum atomic E-state index is -0.596. The van der Waals surface area contributed by atoms with Gasteiger partial charge in [-0.3, -0.25) is 9.59 Å². The summed E-state index contributed by atoms with van der Waals surface area (Å²) >= 11 is 2.70. The highest BCUT2D eigenvalue weighted by Crippen LogP contribution is 2.18. The number of rotatable bonds is 8. The average Bonchev–Trinajstić information content (AvgIpc) is 3.08. The number of esters is 1. The first-order valence-corrected chi connectivity index (χ1v) is 9.09. The minimum Gasteiger partial charge on any atom is -0.451 e. The molecule has 0 spiro atoms. The van der Waals surface area contributed by atoms with Gasteiger partial charge in [-0.1, -0.05) is 18.2 Å². The highest BCUT2D eigenvalue weighted by atomic mass is 32.2. The maximum absolute atomic E-state index is 11.8. The van der Waals surface area contributed by atoms with Crippen LogP contribution in [0.5, 0.6) is 0 Å². The van der Waals surface area contributed by atoms with Crippen LogP contribution in [0.1, 0.15) is 26.3 Å². The van der Waals surface area contributed by atoms with E-state index in [9.17, 15) is 14.4 Å². The molecule has 5 nitrogen and oxygen atoms in total. The zero-order valence-electron chi connectivity index (χ0n) is 13.1. The average molecular weight is 363 g/mol. The van der Waals surface area contributed by atoms with Crippen molar-refractivity contribution in [2.45, 2.75) is 11.8 Å². The Balaban J connectivity index is 1.65. The molecule has 0 aliphatic rings. The second-order valence-corrected chi connectivity index (χ2v) is 7.06. The molecule has 1 amide bonds. The maximum Gasteiger partial charge on any atom is 0.348 e. The van der Waals surface area contributed by atoms with Gasteiger partial charge < -0.3 is 10.1 Å². The molecule has 0 saturated carbocycles. The normalized spacial score (nSPS) is 10.2. The zero-order valence-corrected chi connectivity index (χ0v) is 14.7. The summed E-state index contributed by atoms with van der Waals surface area (Å²) in [5.74, 6) is -0.314. The van der Waals surface area contributed by atoms with Crippen molar-refractivity contribution in [1.82, 2.24) is 5.32 Å². The van der Waals surface area contributed by atoms with Crippen LogP contribution in [0.3, 0.4) is 0 Å². The third kappa shape index (κ3) is 5.82. The van der Waals surface area contributed by atoms with Gasteiger partial charge in [0.2, 0.25) is 0 Å². The van der Waals surface area contributed by atoms with Crippen LogP contribution in [0.15, 0.2) is 47.4 Å². The number of carbonyl (C=O) groups excluding carboxylic acids is 3. The number of hydrogen-bond donors (Lipinski definition) is 1. The van der Waals surface area contributed by atoms with E-state index >= 15 is 0 Å². The van der Waals surface area contributed by atoms with Crippen molar-refractivity contribution in [3.8, 4) is 0 Å². The number of Topliss-reactive ketones (excluding diaryl/α,β-unsaturated/α-hetero) is 1. The Morgan fingerprint density at radius 3 is 2.46 bits per heavy atom. The molecule has 126 valence electrons. The van der Waals surface area contributed by atoms with Gasteiger partial charge in [-0.15, -0.1) is 23.1 Å². The Hall–Kier alpha value is -2.12. The highest BCUT2D eigenvalue weighted by Gasteiger charge is 2.14. The lowest BCUT2D eigenvalue weighted by atomic mass is 10.3. The molecule has 0 unspecified atom stereocenters. The van der Waals surface area contributed by atoms with Gasteiger partial charge in [0.05, 0.1) is 4.88 Å². The van der Waals surface area contributed by atoms with E-state index in [-0.39, 0.29) is 18.3 Å². The summed E-state index contributed by atoms with van der Waals surface area (Å²) in [5.41, 5.74) is 0. The second kappa shape index (κ2) is 9.24. The molecule has 0 atom stereocenters. The number of amides is 1. The molecule has 0 aliphatic carbocycles. The van der Waals surface area contributed by atoms with E-state index in [1.165, 1.54) is 13.0 Å². The lowest BCUT2D eigenvalue weighted by Gasteiger charge is -2.06. The summed E-state index contributed by atoms with van der Waals surface area (Å²) in [6.07, 6.45) is 0. The summed E-state index contributed by atoms with van der Waals surface area (Å²) in [4.78, 5) is 36.6. The fourth-order valence-electron chi connectivity index (χ4n) is 1.77. The third-order valence-corrected chi connectivity index (χ3v) is 5.10. The van der Waals surface area contributed by atoms with Crippen molar-refractivity contribution in [2.75, 3.05) is 18.9 Å². The van der Waals surface area contributed by atoms with Crippen LogP contribution in [0, 0.1) is 0 Å². The molecule has 1 aromatic carbocycles. The predicted molar refractivity (Wildman–Crippen MR) is 94.8 cm³/mol. The SMILES string of the molecule is CC(=O)c1ccc(C(=O)OCC(=O)NCCSc2ccccc2)s1. The Morgan fingerprint density at radius 1 is 1.08 bits per heavy atom. The molecule has 7 heteroatoms. The Kier molecular flexibility index (Phi) is 7.02. The summed E-state index contributed by atoms with van der Waals surface area (Å²) in [7, 11) is 0. The van der Waals surface area contributed by atoms with Crippen molar-refractivity contribution in [3.05, 3.63) is 52.2 Å². The summed E-state index contributed by atoms with van der Waals surface area (Å²) in [5, 5.41) is 2.70. The third-order valence-electron chi connectivity index (χ3n) is 2.92. The van der Waals surface area contributed by atoms with Gasteiger partial charge in [-0.25, -0.2) is 4.79 Å². The minimum absolute atomic E-state index is 0.104. The number of thioether (sulfide) groups is 1. The summed E-state index contributed by atoms with van der Waals surface area (Å²) in [6, 6.07) is 13.0. The number of ether oxygens (including phenoxy) is 1. The number of thiophene rings is 1. The fraction of sp³-hybridized carbons (Fsp3) is 0.235. The standard InChI is InChI=1S/C17H17NO4S2/c1-12(19)14-7-8-15(24-14)17(21)22-11-16(20)18-9-10-23-13-5-3-2-4-6-13/h2-8H,9-11H2,1H3,(H,18,20). The van der Waals surface area contributed by atoms with Gasteiger partial charge in [0.15, 0.2) is 12.4 Å². The van der Waals surface area contributed by atoms with Gasteiger partial charge in [0.25, 0.3) is 5.91 Å². The molecule has 1 heterocycles. The van der Waals surface area contributed by atoms with E-state index in [0.29, 0.717) is 16.3 Å². The molecule has 0 fully saturated rings. The molecule has 1 aromatic heterocycles. The molecule has 2 rings (SSSR count). The lowest BCUT2D eigenvalue weighted by Crippen LogP contribution is -2.30. The van der Waals surface area contributed by atoms with Crippen LogP contribution < -0.4 is 5.32 Å². The molecular formula is C17H17NO4S2. The van der Waals surface area contributed by atoms with E-state index < -0.39 is 5.97 Å².